The Balaban J connectivity index is 2.08. The van der Waals surface area contributed by atoms with Crippen molar-refractivity contribution in [2.75, 3.05) is 24.2 Å². The van der Waals surface area contributed by atoms with Gasteiger partial charge in [0.15, 0.2) is 0 Å². The Kier molecular flexibility index (Phi) is 4.44. The Morgan fingerprint density at radius 3 is 2.50 bits per heavy atom. The molecule has 0 amide bonds. The number of benzene rings is 1. The van der Waals surface area contributed by atoms with Crippen molar-refractivity contribution in [3.05, 3.63) is 28.3 Å². The highest BCUT2D eigenvalue weighted by Gasteiger charge is 2.28. The summed E-state index contributed by atoms with van der Waals surface area (Å²) < 4.78 is 0. The SMILES string of the molecule is CNc1cc(NCC2(O)CCCCC2)cc([N+](=O)[O-])c1. The third-order valence-corrected chi connectivity index (χ3v) is 3.82. The highest BCUT2D eigenvalue weighted by atomic mass is 16.6. The number of nitro benzene ring substituents is 1. The van der Waals surface area contributed by atoms with Crippen LogP contribution in [0.25, 0.3) is 0 Å². The number of nitrogens with zero attached hydrogens (tertiary/aromatic N) is 1. The lowest BCUT2D eigenvalue weighted by atomic mass is 9.85. The zero-order valence-electron chi connectivity index (χ0n) is 11.7. The number of anilines is 2. The maximum atomic E-state index is 10.9. The molecule has 0 aliphatic heterocycles. The summed E-state index contributed by atoms with van der Waals surface area (Å²) >= 11 is 0. The summed E-state index contributed by atoms with van der Waals surface area (Å²) in [6.07, 6.45) is 4.81. The molecule has 1 aromatic rings. The third-order valence-electron chi connectivity index (χ3n) is 3.82. The molecule has 0 saturated heterocycles. The molecule has 110 valence electrons. The number of hydrogen-bond acceptors (Lipinski definition) is 5. The van der Waals surface area contributed by atoms with Crippen molar-refractivity contribution >= 4 is 17.1 Å². The molecular formula is C14H21N3O3. The van der Waals surface area contributed by atoms with E-state index in [2.05, 4.69) is 10.6 Å². The molecule has 3 N–H and O–H groups in total. The van der Waals surface area contributed by atoms with Gasteiger partial charge in [0.1, 0.15) is 0 Å². The van der Waals surface area contributed by atoms with Crippen molar-refractivity contribution in [2.24, 2.45) is 0 Å². The standard InChI is InChI=1S/C14H21N3O3/c1-15-11-7-12(9-13(8-11)17(19)20)16-10-14(18)5-3-2-4-6-14/h7-9,15-16,18H,2-6,10H2,1H3. The Morgan fingerprint density at radius 1 is 1.25 bits per heavy atom. The van der Waals surface area contributed by atoms with Crippen molar-refractivity contribution in [2.45, 2.75) is 37.7 Å². The van der Waals surface area contributed by atoms with Gasteiger partial charge in [0.05, 0.1) is 10.5 Å². The van der Waals surface area contributed by atoms with E-state index in [4.69, 9.17) is 0 Å². The summed E-state index contributed by atoms with van der Waals surface area (Å²) in [4.78, 5) is 10.5. The molecule has 6 nitrogen and oxygen atoms in total. The average molecular weight is 279 g/mol. The summed E-state index contributed by atoms with van der Waals surface area (Å²) in [6, 6.07) is 4.78. The fourth-order valence-corrected chi connectivity index (χ4v) is 2.62. The van der Waals surface area contributed by atoms with Gasteiger partial charge in [-0.2, -0.15) is 0 Å². The Hall–Kier alpha value is -1.82. The number of hydrogen-bond donors (Lipinski definition) is 3. The van der Waals surface area contributed by atoms with Gasteiger partial charge in [-0.25, -0.2) is 0 Å². The van der Waals surface area contributed by atoms with Crippen LogP contribution in [0.5, 0.6) is 0 Å². The van der Waals surface area contributed by atoms with E-state index in [9.17, 15) is 15.2 Å². The summed E-state index contributed by atoms with van der Waals surface area (Å²) in [6.45, 7) is 0.428. The molecule has 0 radical (unpaired) electrons. The molecule has 1 aliphatic carbocycles. The molecule has 1 aliphatic rings. The van der Waals surface area contributed by atoms with Crippen LogP contribution in [-0.2, 0) is 0 Å². The Labute approximate surface area is 118 Å². The second-order valence-corrected chi connectivity index (χ2v) is 5.41. The first kappa shape index (κ1) is 14.6. The number of non-ortho nitro benzene ring substituents is 1. The molecule has 0 atom stereocenters. The summed E-state index contributed by atoms with van der Waals surface area (Å²) in [5.41, 5.74) is 0.678. The normalized spacial score (nSPS) is 17.5. The van der Waals surface area contributed by atoms with Crippen LogP contribution in [0.3, 0.4) is 0 Å². The first-order chi connectivity index (χ1) is 9.52. The first-order valence-electron chi connectivity index (χ1n) is 6.96. The molecular weight excluding hydrogens is 258 g/mol. The molecule has 0 bridgehead atoms. The predicted molar refractivity (Wildman–Crippen MR) is 79.2 cm³/mol. The number of nitrogens with one attached hydrogen (secondary N) is 2. The van der Waals surface area contributed by atoms with Crippen molar-refractivity contribution in [3.63, 3.8) is 0 Å². The molecule has 1 fully saturated rings. The number of nitro groups is 1. The van der Waals surface area contributed by atoms with E-state index in [0.717, 1.165) is 25.7 Å². The Morgan fingerprint density at radius 2 is 1.90 bits per heavy atom. The van der Waals surface area contributed by atoms with Crippen molar-refractivity contribution in [1.29, 1.82) is 0 Å². The minimum Gasteiger partial charge on any atom is -0.388 e. The van der Waals surface area contributed by atoms with Gasteiger partial charge >= 0.3 is 0 Å². The fourth-order valence-electron chi connectivity index (χ4n) is 2.62. The van der Waals surface area contributed by atoms with Gasteiger partial charge in [-0.15, -0.1) is 0 Å². The molecule has 0 heterocycles. The number of rotatable bonds is 5. The van der Waals surface area contributed by atoms with Crippen LogP contribution >= 0.6 is 0 Å². The molecule has 2 rings (SSSR count). The molecule has 6 heteroatoms. The summed E-state index contributed by atoms with van der Waals surface area (Å²) in [7, 11) is 1.72. The van der Waals surface area contributed by atoms with Crippen LogP contribution in [0, 0.1) is 10.1 Å². The molecule has 1 aromatic carbocycles. The lowest BCUT2D eigenvalue weighted by molar-refractivity contribution is -0.384. The second kappa shape index (κ2) is 6.09. The molecule has 1 saturated carbocycles. The average Bonchev–Trinajstić information content (AvgIpc) is 2.45. The summed E-state index contributed by atoms with van der Waals surface area (Å²) in [5.74, 6) is 0. The van der Waals surface area contributed by atoms with E-state index in [1.165, 1.54) is 18.6 Å². The van der Waals surface area contributed by atoms with Crippen LogP contribution in [0.1, 0.15) is 32.1 Å². The van der Waals surface area contributed by atoms with Crippen LogP contribution in [0.4, 0.5) is 17.1 Å². The highest BCUT2D eigenvalue weighted by Crippen LogP contribution is 2.29. The molecule has 0 aromatic heterocycles. The molecule has 0 spiro atoms. The fraction of sp³-hybridized carbons (Fsp3) is 0.571. The van der Waals surface area contributed by atoms with Gasteiger partial charge < -0.3 is 15.7 Å². The predicted octanol–water partition coefficient (Wildman–Crippen LogP) is 2.74. The van der Waals surface area contributed by atoms with Crippen LogP contribution in [0.15, 0.2) is 18.2 Å². The molecule has 20 heavy (non-hydrogen) atoms. The van der Waals surface area contributed by atoms with Crippen LogP contribution in [-0.4, -0.2) is 29.2 Å². The zero-order valence-corrected chi connectivity index (χ0v) is 11.7. The van der Waals surface area contributed by atoms with E-state index in [1.54, 1.807) is 13.1 Å². The van der Waals surface area contributed by atoms with Crippen molar-refractivity contribution < 1.29 is 10.0 Å². The minimum atomic E-state index is -0.692. The quantitative estimate of drug-likeness (QED) is 0.570. The van der Waals surface area contributed by atoms with Crippen LogP contribution < -0.4 is 10.6 Å². The van der Waals surface area contributed by atoms with Gasteiger partial charge in [0.25, 0.3) is 5.69 Å². The Bertz CT molecular complexity index is 485. The largest absolute Gasteiger partial charge is 0.388 e. The van der Waals surface area contributed by atoms with E-state index >= 15 is 0 Å². The summed E-state index contributed by atoms with van der Waals surface area (Å²) in [5, 5.41) is 27.4. The van der Waals surface area contributed by atoms with Gasteiger partial charge in [-0.3, -0.25) is 10.1 Å². The smallest absolute Gasteiger partial charge is 0.273 e. The van der Waals surface area contributed by atoms with Crippen LogP contribution in [0.2, 0.25) is 0 Å². The van der Waals surface area contributed by atoms with Crippen molar-refractivity contribution in [1.82, 2.24) is 0 Å². The lowest BCUT2D eigenvalue weighted by Gasteiger charge is -2.32. The van der Waals surface area contributed by atoms with E-state index in [-0.39, 0.29) is 5.69 Å². The monoisotopic (exact) mass is 279 g/mol. The maximum Gasteiger partial charge on any atom is 0.273 e. The number of aliphatic hydroxyl groups is 1. The van der Waals surface area contributed by atoms with E-state index < -0.39 is 10.5 Å². The minimum absolute atomic E-state index is 0.0370. The van der Waals surface area contributed by atoms with Crippen molar-refractivity contribution in [3.8, 4) is 0 Å². The first-order valence-corrected chi connectivity index (χ1v) is 6.96. The third kappa shape index (κ3) is 3.60. The highest BCUT2D eigenvalue weighted by molar-refractivity contribution is 5.63. The lowest BCUT2D eigenvalue weighted by Crippen LogP contribution is -2.38. The zero-order chi connectivity index (χ0) is 14.6. The molecule has 0 unspecified atom stereocenters. The maximum absolute atomic E-state index is 10.9. The van der Waals surface area contributed by atoms with Gasteiger partial charge in [0.2, 0.25) is 0 Å². The second-order valence-electron chi connectivity index (χ2n) is 5.41. The van der Waals surface area contributed by atoms with Gasteiger partial charge in [-0.05, 0) is 18.9 Å². The van der Waals surface area contributed by atoms with Gasteiger partial charge in [0, 0.05) is 37.1 Å². The topological polar surface area (TPSA) is 87.4 Å². The van der Waals surface area contributed by atoms with Gasteiger partial charge in [-0.1, -0.05) is 19.3 Å². The van der Waals surface area contributed by atoms with E-state index in [0.29, 0.717) is 17.9 Å². The van der Waals surface area contributed by atoms with E-state index in [1.807, 2.05) is 0 Å².